The number of hydrogen-bond acceptors (Lipinski definition) is 8. The van der Waals surface area contributed by atoms with Gasteiger partial charge in [-0.3, -0.25) is 13.9 Å². The largest absolute Gasteiger partial charge is 0.462 e. The van der Waals surface area contributed by atoms with Crippen molar-refractivity contribution in [3.8, 4) is 0 Å². The van der Waals surface area contributed by atoms with Crippen molar-refractivity contribution in [2.24, 2.45) is 19.3 Å². The molecule has 0 saturated heterocycles. The fraction of sp³-hybridized carbons (Fsp3) is 0.238. The van der Waals surface area contributed by atoms with Crippen molar-refractivity contribution in [1.29, 1.82) is 0 Å². The molecule has 0 unspecified atom stereocenters. The fourth-order valence-corrected chi connectivity index (χ4v) is 3.89. The van der Waals surface area contributed by atoms with Crippen LogP contribution in [0.3, 0.4) is 0 Å². The number of esters is 1. The van der Waals surface area contributed by atoms with Gasteiger partial charge in [-0.15, -0.1) is 11.3 Å². The summed E-state index contributed by atoms with van der Waals surface area (Å²) in [7, 11) is 2.90. The van der Waals surface area contributed by atoms with Crippen molar-refractivity contribution in [3.63, 3.8) is 0 Å². The summed E-state index contributed by atoms with van der Waals surface area (Å²) in [5, 5.41) is 14.1. The van der Waals surface area contributed by atoms with Crippen LogP contribution in [0.25, 0.3) is 0 Å². The van der Waals surface area contributed by atoms with Crippen molar-refractivity contribution in [3.05, 3.63) is 78.6 Å². The summed E-state index contributed by atoms with van der Waals surface area (Å²) >= 11 is 1.52. The van der Waals surface area contributed by atoms with Crippen LogP contribution in [-0.2, 0) is 25.4 Å². The third kappa shape index (κ3) is 4.43. The molecule has 162 valence electrons. The Balaban J connectivity index is 2.21. The third-order valence-electron chi connectivity index (χ3n) is 4.69. The Hall–Kier alpha value is -3.66. The van der Waals surface area contributed by atoms with Crippen molar-refractivity contribution in [2.45, 2.75) is 13.5 Å². The third-order valence-corrected chi connectivity index (χ3v) is 5.56. The van der Waals surface area contributed by atoms with Gasteiger partial charge < -0.3 is 14.8 Å². The molecule has 0 spiro atoms. The lowest BCUT2D eigenvalue weighted by atomic mass is 10.1. The first-order valence-corrected chi connectivity index (χ1v) is 10.3. The molecule has 1 N–H and O–H groups in total. The van der Waals surface area contributed by atoms with Gasteiger partial charge in [0.2, 0.25) is 0 Å². The molecule has 1 aromatic carbocycles. The second kappa shape index (κ2) is 9.43. The predicted molar refractivity (Wildman–Crippen MR) is 119 cm³/mol. The van der Waals surface area contributed by atoms with Gasteiger partial charge >= 0.3 is 11.7 Å². The molecule has 0 fully saturated rings. The number of nitrogens with zero attached hydrogens (tertiary/aromatic N) is 4. The first kappa shape index (κ1) is 22.0. The molecule has 31 heavy (non-hydrogen) atoms. The Morgan fingerprint density at radius 2 is 1.90 bits per heavy atom. The maximum atomic E-state index is 12.8. The summed E-state index contributed by atoms with van der Waals surface area (Å²) < 4.78 is 7.30. The molecule has 0 aliphatic carbocycles. The molecule has 10 heteroatoms. The number of aromatic nitrogens is 2. The number of hydrogen-bond donors (Lipinski definition) is 1. The van der Waals surface area contributed by atoms with E-state index in [1.54, 1.807) is 43.1 Å². The zero-order valence-electron chi connectivity index (χ0n) is 17.3. The van der Waals surface area contributed by atoms with Crippen LogP contribution in [0.2, 0.25) is 0 Å². The van der Waals surface area contributed by atoms with E-state index in [4.69, 9.17) is 9.94 Å². The summed E-state index contributed by atoms with van der Waals surface area (Å²) in [6.45, 7) is 2.35. The van der Waals surface area contributed by atoms with E-state index in [1.165, 1.54) is 23.0 Å². The van der Waals surface area contributed by atoms with E-state index in [-0.39, 0.29) is 18.0 Å². The summed E-state index contributed by atoms with van der Waals surface area (Å²) in [4.78, 5) is 40.2. The molecule has 2 heterocycles. The van der Waals surface area contributed by atoms with E-state index in [0.29, 0.717) is 17.8 Å². The van der Waals surface area contributed by atoms with E-state index >= 15 is 0 Å². The van der Waals surface area contributed by atoms with Gasteiger partial charge in [-0.1, -0.05) is 11.2 Å². The number of benzene rings is 1. The van der Waals surface area contributed by atoms with Gasteiger partial charge in [-0.2, -0.15) is 0 Å². The number of anilines is 2. The Bertz CT molecular complexity index is 1210. The van der Waals surface area contributed by atoms with Crippen molar-refractivity contribution >= 4 is 35.0 Å². The molecule has 3 aromatic rings. The Kier molecular flexibility index (Phi) is 6.71. The minimum atomic E-state index is -0.588. The molecule has 0 aliphatic rings. The topological polar surface area (TPSA) is 106 Å². The zero-order chi connectivity index (χ0) is 22.5. The highest BCUT2D eigenvalue weighted by atomic mass is 32.1. The van der Waals surface area contributed by atoms with Crippen LogP contribution in [0.15, 0.2) is 56.5 Å². The van der Waals surface area contributed by atoms with Gasteiger partial charge in [0.25, 0.3) is 5.56 Å². The van der Waals surface area contributed by atoms with E-state index < -0.39 is 17.2 Å². The molecule has 2 aromatic heterocycles. The quantitative estimate of drug-likeness (QED) is 0.261. The Labute approximate surface area is 182 Å². The van der Waals surface area contributed by atoms with Crippen LogP contribution >= 0.6 is 11.3 Å². The molecule has 0 aliphatic heterocycles. The number of carbonyl (C=O) groups excluding carboxylic acids is 1. The number of ether oxygens (including phenoxy) is 1. The van der Waals surface area contributed by atoms with Gasteiger partial charge in [-0.05, 0) is 42.6 Å². The molecular weight excluding hydrogens is 420 g/mol. The smallest absolute Gasteiger partial charge is 0.338 e. The molecule has 3 rings (SSSR count). The van der Waals surface area contributed by atoms with Crippen LogP contribution in [0.1, 0.15) is 27.7 Å². The van der Waals surface area contributed by atoms with Crippen molar-refractivity contribution in [1.82, 2.24) is 9.13 Å². The second-order valence-corrected chi connectivity index (χ2v) is 7.65. The minimum absolute atomic E-state index is 0.0538. The number of oxime groups is 1. The first-order chi connectivity index (χ1) is 14.9. The zero-order valence-corrected chi connectivity index (χ0v) is 18.1. The highest BCUT2D eigenvalue weighted by Gasteiger charge is 2.22. The summed E-state index contributed by atoms with van der Waals surface area (Å²) in [5.74, 6) is -0.170. The lowest BCUT2D eigenvalue weighted by Crippen LogP contribution is -2.42. The maximum absolute atomic E-state index is 12.8. The Morgan fingerprint density at radius 3 is 2.48 bits per heavy atom. The average Bonchev–Trinajstić information content (AvgIpc) is 3.29. The van der Waals surface area contributed by atoms with E-state index in [2.05, 4.69) is 5.16 Å². The lowest BCUT2D eigenvalue weighted by Gasteiger charge is -2.28. The lowest BCUT2D eigenvalue weighted by molar-refractivity contribution is 0.0526. The van der Waals surface area contributed by atoms with Crippen LogP contribution in [0.4, 0.5) is 11.5 Å². The van der Waals surface area contributed by atoms with E-state index in [1.807, 2.05) is 17.5 Å². The van der Waals surface area contributed by atoms with Crippen molar-refractivity contribution in [2.75, 3.05) is 11.5 Å². The van der Waals surface area contributed by atoms with Crippen LogP contribution in [-0.4, -0.2) is 33.1 Å². The standard InChI is InChI=1S/C21H22N4O5S/c1-4-30-20(27)14-7-9-15(10-8-14)25(13-16-6-5-11-31-16)18-17(12-22-29)19(26)24(3)21(28)23(18)2/h5-12,29H,4,13H2,1-3H3/b22-12+. The molecule has 0 saturated carbocycles. The summed E-state index contributed by atoms with van der Waals surface area (Å²) in [6.07, 6.45) is 1.02. The van der Waals surface area contributed by atoms with Crippen LogP contribution in [0.5, 0.6) is 0 Å². The summed E-state index contributed by atoms with van der Waals surface area (Å²) in [6, 6.07) is 10.5. The average molecular weight is 442 g/mol. The highest BCUT2D eigenvalue weighted by Crippen LogP contribution is 2.29. The SMILES string of the molecule is CCOC(=O)c1ccc(N(Cc2cccs2)c2c(/C=N/O)c(=O)n(C)c(=O)n2C)cc1. The molecular formula is C21H22N4O5S. The molecule has 0 bridgehead atoms. The maximum Gasteiger partial charge on any atom is 0.338 e. The number of rotatable bonds is 7. The number of carbonyl (C=O) groups is 1. The van der Waals surface area contributed by atoms with Crippen LogP contribution < -0.4 is 16.1 Å². The van der Waals surface area contributed by atoms with E-state index in [9.17, 15) is 14.4 Å². The molecule has 0 amide bonds. The van der Waals surface area contributed by atoms with Gasteiger partial charge in [0.1, 0.15) is 11.4 Å². The van der Waals surface area contributed by atoms with Crippen molar-refractivity contribution < 1.29 is 14.7 Å². The normalized spacial score (nSPS) is 11.1. The Morgan fingerprint density at radius 1 is 1.19 bits per heavy atom. The van der Waals surface area contributed by atoms with Gasteiger partial charge in [-0.25, -0.2) is 9.59 Å². The first-order valence-electron chi connectivity index (χ1n) is 9.43. The van der Waals surface area contributed by atoms with Gasteiger partial charge in [0.15, 0.2) is 0 Å². The monoisotopic (exact) mass is 442 g/mol. The fourth-order valence-electron chi connectivity index (χ4n) is 3.20. The van der Waals surface area contributed by atoms with Gasteiger partial charge in [0, 0.05) is 24.7 Å². The number of thiophene rings is 1. The molecule has 9 nitrogen and oxygen atoms in total. The second-order valence-electron chi connectivity index (χ2n) is 6.62. The highest BCUT2D eigenvalue weighted by molar-refractivity contribution is 7.09. The van der Waals surface area contributed by atoms with Crippen LogP contribution in [0, 0.1) is 0 Å². The predicted octanol–water partition coefficient (Wildman–Crippen LogP) is 2.47. The molecule has 0 atom stereocenters. The summed E-state index contributed by atoms with van der Waals surface area (Å²) in [5.41, 5.74) is -0.0308. The molecule has 0 radical (unpaired) electrons. The van der Waals surface area contributed by atoms with E-state index in [0.717, 1.165) is 15.7 Å². The van der Waals surface area contributed by atoms with Gasteiger partial charge in [0.05, 0.1) is 24.9 Å². The minimum Gasteiger partial charge on any atom is -0.462 e.